The predicted molar refractivity (Wildman–Crippen MR) is 180 cm³/mol. The van der Waals surface area contributed by atoms with Crippen molar-refractivity contribution in [3.05, 3.63) is 84.4 Å². The quantitative estimate of drug-likeness (QED) is 0.132. The monoisotopic (exact) mass is 677 g/mol. The Balaban J connectivity index is 0.000000697. The minimum atomic E-state index is -1.53. The van der Waals surface area contributed by atoms with E-state index < -0.39 is 84.9 Å². The lowest BCUT2D eigenvalue weighted by molar-refractivity contribution is -0.147. The minimum Gasteiger partial charge on any atom is -0.481 e. The molecule has 0 saturated heterocycles. The molecule has 49 heavy (non-hydrogen) atoms. The number of nitrogens with one attached hydrogen (secondary N) is 3. The molecule has 0 fully saturated rings. The van der Waals surface area contributed by atoms with Gasteiger partial charge in [-0.3, -0.25) is 33.6 Å². The summed E-state index contributed by atoms with van der Waals surface area (Å²) in [5.41, 5.74) is 0.898. The zero-order valence-electron chi connectivity index (χ0n) is 27.7. The maximum atomic E-state index is 13.0. The molecule has 3 aromatic carbocycles. The number of ether oxygens (including phenoxy) is 1. The number of ketones is 1. The molecule has 13 heteroatoms. The maximum Gasteiger partial charge on any atom is 0.305 e. The summed E-state index contributed by atoms with van der Waals surface area (Å²) in [6, 6.07) is 21.8. The van der Waals surface area contributed by atoms with Crippen LogP contribution in [0.15, 0.2) is 78.9 Å². The summed E-state index contributed by atoms with van der Waals surface area (Å²) in [6.45, 7) is 3.48. The van der Waals surface area contributed by atoms with Crippen molar-refractivity contribution >= 4 is 52.2 Å². The van der Waals surface area contributed by atoms with Gasteiger partial charge in [-0.25, -0.2) is 0 Å². The summed E-state index contributed by atoms with van der Waals surface area (Å²) < 4.78 is 4.59. The Morgan fingerprint density at radius 2 is 1.22 bits per heavy atom. The second-order valence-electron chi connectivity index (χ2n) is 11.5. The molecule has 3 atom stereocenters. The van der Waals surface area contributed by atoms with Crippen LogP contribution in [0.25, 0.3) is 10.8 Å². The van der Waals surface area contributed by atoms with Gasteiger partial charge in [0.25, 0.3) is 0 Å². The Morgan fingerprint density at radius 3 is 1.71 bits per heavy atom. The van der Waals surface area contributed by atoms with E-state index in [0.717, 1.165) is 12.5 Å². The molecule has 0 aliphatic heterocycles. The van der Waals surface area contributed by atoms with Crippen LogP contribution in [0.2, 0.25) is 0 Å². The van der Waals surface area contributed by atoms with Crippen LogP contribution in [0.4, 0.5) is 0 Å². The summed E-state index contributed by atoms with van der Waals surface area (Å²) in [5.74, 6) is -6.95. The average Bonchev–Trinajstić information content (AvgIpc) is 3.06. The van der Waals surface area contributed by atoms with Crippen molar-refractivity contribution < 1.29 is 48.5 Å². The first-order valence-corrected chi connectivity index (χ1v) is 15.7. The number of benzene rings is 3. The second kappa shape index (κ2) is 20.6. The van der Waals surface area contributed by atoms with Crippen LogP contribution in [0.5, 0.6) is 0 Å². The Morgan fingerprint density at radius 1 is 0.673 bits per heavy atom. The van der Waals surface area contributed by atoms with Crippen LogP contribution in [0.1, 0.15) is 52.0 Å². The van der Waals surface area contributed by atoms with E-state index in [1.807, 2.05) is 30.3 Å². The molecule has 3 aromatic rings. The number of carbonyl (C=O) groups excluding carboxylic acids is 5. The van der Waals surface area contributed by atoms with E-state index in [1.54, 1.807) is 13.8 Å². The lowest BCUT2D eigenvalue weighted by Gasteiger charge is -2.27. The van der Waals surface area contributed by atoms with E-state index in [-0.39, 0.29) is 12.8 Å². The number of hydrogen-bond acceptors (Lipinski definition) is 8. The molecule has 0 saturated carbocycles. The molecule has 0 heterocycles. The second-order valence-corrected chi connectivity index (χ2v) is 11.5. The van der Waals surface area contributed by atoms with Crippen LogP contribution in [-0.4, -0.2) is 76.4 Å². The molecule has 0 bridgehead atoms. The number of amides is 3. The average molecular weight is 678 g/mol. The van der Waals surface area contributed by atoms with Gasteiger partial charge in [0.15, 0.2) is 12.4 Å². The summed E-state index contributed by atoms with van der Waals surface area (Å²) in [6.07, 6.45) is -1.03. The molecule has 0 aromatic heterocycles. The minimum absolute atomic E-state index is 0.0380. The molecule has 262 valence electrons. The highest BCUT2D eigenvalue weighted by atomic mass is 16.5. The number of fused-ring (bicyclic) bond motifs is 1. The fourth-order valence-corrected chi connectivity index (χ4v) is 4.58. The van der Waals surface area contributed by atoms with Crippen molar-refractivity contribution in [1.82, 2.24) is 16.0 Å². The lowest BCUT2D eigenvalue weighted by atomic mass is 10.0. The molecule has 5 N–H and O–H groups in total. The highest BCUT2D eigenvalue weighted by molar-refractivity contribution is 5.96. The molecule has 3 unspecified atom stereocenters. The first-order valence-electron chi connectivity index (χ1n) is 15.7. The molecule has 0 aliphatic rings. The zero-order chi connectivity index (χ0) is 36.3. The standard InChI is InChI=1S/C26H35N3O10.C10H8/c1-15(2)24(26(38)28-19(13-23(35)36)20(31)14-39-16(3)30)29-25(37)18(10-12-22(33)34)27-21(32)11-9-17-7-5-4-6-8-17;1-2-6-10-8-4-3-7-9(10)5-1/h4-8,15,18-19,24H,9-14H2,1-3H3,(H,27,32)(H,28,38)(H,29,37)(H,33,34)(H,35,36);1-8H. The zero-order valence-corrected chi connectivity index (χ0v) is 27.7. The third-order valence-corrected chi connectivity index (χ3v) is 7.19. The van der Waals surface area contributed by atoms with Gasteiger partial charge >= 0.3 is 17.9 Å². The number of carbonyl (C=O) groups is 7. The van der Waals surface area contributed by atoms with Crippen molar-refractivity contribution in [2.24, 2.45) is 5.92 Å². The third-order valence-electron chi connectivity index (χ3n) is 7.19. The van der Waals surface area contributed by atoms with Gasteiger partial charge in [0.1, 0.15) is 18.1 Å². The van der Waals surface area contributed by atoms with E-state index in [1.165, 1.54) is 10.8 Å². The molecular weight excluding hydrogens is 634 g/mol. The lowest BCUT2D eigenvalue weighted by Crippen LogP contribution is -2.57. The number of aryl methyl sites for hydroxylation is 1. The van der Waals surface area contributed by atoms with Gasteiger partial charge in [-0.2, -0.15) is 0 Å². The van der Waals surface area contributed by atoms with Crippen molar-refractivity contribution in [3.8, 4) is 0 Å². The van der Waals surface area contributed by atoms with Gasteiger partial charge in [-0.15, -0.1) is 0 Å². The van der Waals surface area contributed by atoms with Crippen LogP contribution in [0, 0.1) is 5.92 Å². The van der Waals surface area contributed by atoms with Gasteiger partial charge in [0.05, 0.1) is 6.42 Å². The topological polar surface area (TPSA) is 205 Å². The van der Waals surface area contributed by atoms with E-state index >= 15 is 0 Å². The first kappa shape index (κ1) is 39.6. The van der Waals surface area contributed by atoms with E-state index in [0.29, 0.717) is 6.42 Å². The highest BCUT2D eigenvalue weighted by Gasteiger charge is 2.32. The fourth-order valence-electron chi connectivity index (χ4n) is 4.58. The maximum absolute atomic E-state index is 13.0. The number of rotatable bonds is 17. The van der Waals surface area contributed by atoms with Gasteiger partial charge in [0, 0.05) is 19.8 Å². The Labute approximate surface area is 284 Å². The first-order chi connectivity index (χ1) is 23.3. The smallest absolute Gasteiger partial charge is 0.305 e. The van der Waals surface area contributed by atoms with Crippen LogP contribution in [0.3, 0.4) is 0 Å². The van der Waals surface area contributed by atoms with Crippen LogP contribution >= 0.6 is 0 Å². The molecule has 3 amide bonds. The molecular formula is C36H43N3O10. The van der Waals surface area contributed by atoms with Gasteiger partial charge in [-0.05, 0) is 35.1 Å². The Bertz CT molecular complexity index is 1530. The number of Topliss-reactive ketones (excluding diaryl/α,β-unsaturated/α-hetero) is 1. The summed E-state index contributed by atoms with van der Waals surface area (Å²) in [4.78, 5) is 84.2. The van der Waals surface area contributed by atoms with Crippen molar-refractivity contribution in [3.63, 3.8) is 0 Å². The van der Waals surface area contributed by atoms with Crippen molar-refractivity contribution in [1.29, 1.82) is 0 Å². The van der Waals surface area contributed by atoms with Crippen LogP contribution < -0.4 is 16.0 Å². The normalized spacial score (nSPS) is 12.3. The van der Waals surface area contributed by atoms with Gasteiger partial charge < -0.3 is 30.9 Å². The largest absolute Gasteiger partial charge is 0.481 e. The highest BCUT2D eigenvalue weighted by Crippen LogP contribution is 2.11. The molecule has 0 spiro atoms. The predicted octanol–water partition coefficient (Wildman–Crippen LogP) is 3.04. The summed E-state index contributed by atoms with van der Waals surface area (Å²) >= 11 is 0. The molecule has 0 radical (unpaired) electrons. The van der Waals surface area contributed by atoms with E-state index in [2.05, 4.69) is 69.2 Å². The number of esters is 1. The molecule has 13 nitrogen and oxygen atoms in total. The number of carboxylic acids is 2. The fraction of sp³-hybridized carbons (Fsp3) is 0.361. The van der Waals surface area contributed by atoms with E-state index in [4.69, 9.17) is 10.2 Å². The van der Waals surface area contributed by atoms with Gasteiger partial charge in [0.2, 0.25) is 17.7 Å². The Hall–Kier alpha value is -5.59. The van der Waals surface area contributed by atoms with Crippen molar-refractivity contribution in [2.75, 3.05) is 6.61 Å². The number of carboxylic acid groups (broad SMARTS) is 2. The summed E-state index contributed by atoms with van der Waals surface area (Å²) in [7, 11) is 0. The molecule has 3 rings (SSSR count). The van der Waals surface area contributed by atoms with Crippen LogP contribution in [-0.2, 0) is 44.7 Å². The number of hydrogen-bond donors (Lipinski definition) is 5. The summed E-state index contributed by atoms with van der Waals surface area (Å²) in [5, 5.41) is 28.1. The van der Waals surface area contributed by atoms with Gasteiger partial charge in [-0.1, -0.05) is 92.7 Å². The van der Waals surface area contributed by atoms with E-state index in [9.17, 15) is 33.6 Å². The SMILES string of the molecule is CC(=O)OCC(=O)C(CC(=O)O)NC(=O)C(NC(=O)C(CCC(=O)O)NC(=O)CCc1ccccc1)C(C)C.c1ccc2ccccc2c1. The third kappa shape index (κ3) is 15.2. The Kier molecular flexibility index (Phi) is 16.6. The number of aliphatic carboxylic acids is 2. The molecule has 0 aliphatic carbocycles. The van der Waals surface area contributed by atoms with Crippen molar-refractivity contribution in [2.45, 2.75) is 71.0 Å².